The molecule has 0 unspecified atom stereocenters. The highest BCUT2D eigenvalue weighted by Crippen LogP contribution is 2.32. The molecule has 2 rings (SSSR count). The van der Waals surface area contributed by atoms with Gasteiger partial charge in [-0.3, -0.25) is 9.59 Å². The summed E-state index contributed by atoms with van der Waals surface area (Å²) in [5, 5.41) is 19.6. The van der Waals surface area contributed by atoms with E-state index in [1.165, 1.54) is 6.08 Å². The summed E-state index contributed by atoms with van der Waals surface area (Å²) in [6, 6.07) is 7.38. The lowest BCUT2D eigenvalue weighted by atomic mass is 9.78. The van der Waals surface area contributed by atoms with Crippen LogP contribution in [0.2, 0.25) is 0 Å². The number of fused-ring (bicyclic) bond motifs is 1. The number of hydrogen-bond donors (Lipinski definition) is 3. The van der Waals surface area contributed by atoms with Crippen LogP contribution in [0.5, 0.6) is 0 Å². The zero-order valence-corrected chi connectivity index (χ0v) is 10.8. The number of aliphatic carboxylic acids is 2. The molecule has 0 aliphatic carbocycles. The molecule has 2 aromatic rings. The van der Waals surface area contributed by atoms with Crippen molar-refractivity contribution in [1.82, 2.24) is 4.98 Å². The summed E-state index contributed by atoms with van der Waals surface area (Å²) in [5.74, 6) is -2.70. The fourth-order valence-corrected chi connectivity index (χ4v) is 2.34. The standard InChI is InChI=1S/C15H15NO4/c1-2-7-15(13(17)18,14(19)20)8-10-9-16-12-6-4-3-5-11(10)12/h2-6,9,16H,1,7-8H2,(H,17,18)(H,19,20). The Balaban J connectivity index is 2.49. The number of para-hydroxylation sites is 1. The zero-order valence-electron chi connectivity index (χ0n) is 10.8. The maximum atomic E-state index is 11.5. The topological polar surface area (TPSA) is 90.4 Å². The van der Waals surface area contributed by atoms with E-state index in [4.69, 9.17) is 0 Å². The summed E-state index contributed by atoms with van der Waals surface area (Å²) < 4.78 is 0. The monoisotopic (exact) mass is 273 g/mol. The molecule has 104 valence electrons. The summed E-state index contributed by atoms with van der Waals surface area (Å²) in [6.45, 7) is 3.47. The average molecular weight is 273 g/mol. The number of allylic oxidation sites excluding steroid dienone is 1. The number of carboxylic acid groups (broad SMARTS) is 2. The Morgan fingerprint density at radius 1 is 1.25 bits per heavy atom. The second-order valence-electron chi connectivity index (χ2n) is 4.72. The highest BCUT2D eigenvalue weighted by Gasteiger charge is 2.45. The molecule has 5 nitrogen and oxygen atoms in total. The first kappa shape index (κ1) is 13.9. The van der Waals surface area contributed by atoms with Crippen LogP contribution in [0.3, 0.4) is 0 Å². The van der Waals surface area contributed by atoms with Crippen LogP contribution in [-0.2, 0) is 16.0 Å². The lowest BCUT2D eigenvalue weighted by molar-refractivity contribution is -0.164. The third-order valence-electron chi connectivity index (χ3n) is 3.48. The fourth-order valence-electron chi connectivity index (χ4n) is 2.34. The van der Waals surface area contributed by atoms with Crippen molar-refractivity contribution in [3.05, 3.63) is 48.7 Å². The van der Waals surface area contributed by atoms with Gasteiger partial charge in [0.25, 0.3) is 0 Å². The molecule has 1 heterocycles. The Morgan fingerprint density at radius 3 is 2.50 bits per heavy atom. The van der Waals surface area contributed by atoms with Gasteiger partial charge in [-0.05, 0) is 18.1 Å². The van der Waals surface area contributed by atoms with E-state index < -0.39 is 17.4 Å². The molecule has 0 atom stereocenters. The molecular weight excluding hydrogens is 258 g/mol. The number of nitrogens with one attached hydrogen (secondary N) is 1. The van der Waals surface area contributed by atoms with Gasteiger partial charge in [-0.25, -0.2) is 0 Å². The molecule has 0 saturated carbocycles. The number of benzene rings is 1. The minimum atomic E-state index is -1.88. The maximum Gasteiger partial charge on any atom is 0.321 e. The van der Waals surface area contributed by atoms with Crippen molar-refractivity contribution < 1.29 is 19.8 Å². The van der Waals surface area contributed by atoms with Crippen LogP contribution in [0.1, 0.15) is 12.0 Å². The number of carbonyl (C=O) groups is 2. The summed E-state index contributed by atoms with van der Waals surface area (Å²) in [5.41, 5.74) is -0.356. The third kappa shape index (κ3) is 2.18. The smallest absolute Gasteiger partial charge is 0.321 e. The van der Waals surface area contributed by atoms with Crippen molar-refractivity contribution in [2.24, 2.45) is 5.41 Å². The fraction of sp³-hybridized carbons (Fsp3) is 0.200. The van der Waals surface area contributed by atoms with Gasteiger partial charge in [0.2, 0.25) is 0 Å². The molecule has 20 heavy (non-hydrogen) atoms. The largest absolute Gasteiger partial charge is 0.480 e. The zero-order chi connectivity index (χ0) is 14.8. The van der Waals surface area contributed by atoms with Gasteiger partial charge < -0.3 is 15.2 Å². The van der Waals surface area contributed by atoms with Crippen molar-refractivity contribution in [3.8, 4) is 0 Å². The SMILES string of the molecule is C=CCC(Cc1c[nH]c2ccccc12)(C(=O)O)C(=O)O. The first-order chi connectivity index (χ1) is 9.51. The van der Waals surface area contributed by atoms with Gasteiger partial charge in [0, 0.05) is 23.5 Å². The van der Waals surface area contributed by atoms with Gasteiger partial charge in [-0.1, -0.05) is 24.3 Å². The molecule has 0 bridgehead atoms. The number of aromatic nitrogens is 1. The van der Waals surface area contributed by atoms with E-state index in [9.17, 15) is 19.8 Å². The van der Waals surface area contributed by atoms with E-state index in [0.29, 0.717) is 5.56 Å². The maximum absolute atomic E-state index is 11.5. The van der Waals surface area contributed by atoms with Gasteiger partial charge in [0.05, 0.1) is 0 Å². The molecule has 1 aromatic carbocycles. The van der Waals surface area contributed by atoms with Crippen molar-refractivity contribution in [1.29, 1.82) is 0 Å². The molecular formula is C15H15NO4. The Labute approximate surface area is 115 Å². The summed E-state index contributed by atoms with van der Waals surface area (Å²) >= 11 is 0. The second-order valence-corrected chi connectivity index (χ2v) is 4.72. The molecule has 0 amide bonds. The van der Waals surface area contributed by atoms with Crippen LogP contribution in [0.4, 0.5) is 0 Å². The van der Waals surface area contributed by atoms with E-state index in [1.54, 1.807) is 6.20 Å². The number of carboxylic acids is 2. The first-order valence-corrected chi connectivity index (χ1v) is 6.14. The molecule has 0 fully saturated rings. The number of aromatic amines is 1. The number of H-pyrrole nitrogens is 1. The average Bonchev–Trinajstić information content (AvgIpc) is 2.81. The molecule has 5 heteroatoms. The number of rotatable bonds is 6. The van der Waals surface area contributed by atoms with E-state index in [0.717, 1.165) is 10.9 Å². The Morgan fingerprint density at radius 2 is 1.90 bits per heavy atom. The molecule has 3 N–H and O–H groups in total. The highest BCUT2D eigenvalue weighted by molar-refractivity contribution is 5.99. The van der Waals surface area contributed by atoms with E-state index in [2.05, 4.69) is 11.6 Å². The third-order valence-corrected chi connectivity index (χ3v) is 3.48. The van der Waals surface area contributed by atoms with Crippen LogP contribution >= 0.6 is 0 Å². The normalized spacial score (nSPS) is 11.4. The lowest BCUT2D eigenvalue weighted by Gasteiger charge is -2.23. The Kier molecular flexibility index (Phi) is 3.61. The Bertz CT molecular complexity index is 657. The molecule has 0 saturated heterocycles. The van der Waals surface area contributed by atoms with Crippen LogP contribution in [-0.4, -0.2) is 27.1 Å². The first-order valence-electron chi connectivity index (χ1n) is 6.14. The second kappa shape index (κ2) is 5.21. The minimum absolute atomic E-state index is 0.0896. The summed E-state index contributed by atoms with van der Waals surface area (Å²) in [6.07, 6.45) is 2.77. The van der Waals surface area contributed by atoms with E-state index in [-0.39, 0.29) is 12.8 Å². The molecule has 0 radical (unpaired) electrons. The van der Waals surface area contributed by atoms with Gasteiger partial charge in [-0.2, -0.15) is 0 Å². The predicted molar refractivity (Wildman–Crippen MR) is 74.5 cm³/mol. The number of hydrogen-bond acceptors (Lipinski definition) is 2. The molecule has 0 spiro atoms. The Hall–Kier alpha value is -2.56. The van der Waals surface area contributed by atoms with Crippen molar-refractivity contribution in [2.45, 2.75) is 12.8 Å². The highest BCUT2D eigenvalue weighted by atomic mass is 16.4. The molecule has 0 aliphatic rings. The van der Waals surface area contributed by atoms with Crippen LogP contribution < -0.4 is 0 Å². The van der Waals surface area contributed by atoms with Crippen LogP contribution in [0.25, 0.3) is 10.9 Å². The van der Waals surface area contributed by atoms with Gasteiger partial charge in [0.15, 0.2) is 5.41 Å². The van der Waals surface area contributed by atoms with Crippen molar-refractivity contribution >= 4 is 22.8 Å². The van der Waals surface area contributed by atoms with E-state index in [1.807, 2.05) is 24.3 Å². The summed E-state index contributed by atoms with van der Waals surface area (Å²) in [4.78, 5) is 26.0. The van der Waals surface area contributed by atoms with Crippen LogP contribution in [0.15, 0.2) is 43.1 Å². The van der Waals surface area contributed by atoms with Crippen molar-refractivity contribution in [2.75, 3.05) is 0 Å². The predicted octanol–water partition coefficient (Wildman–Crippen LogP) is 2.44. The van der Waals surface area contributed by atoms with Gasteiger partial charge in [-0.15, -0.1) is 6.58 Å². The quantitative estimate of drug-likeness (QED) is 0.557. The van der Waals surface area contributed by atoms with Crippen LogP contribution in [0, 0.1) is 5.41 Å². The lowest BCUT2D eigenvalue weighted by Crippen LogP contribution is -2.41. The minimum Gasteiger partial charge on any atom is -0.480 e. The molecule has 0 aliphatic heterocycles. The summed E-state index contributed by atoms with van der Waals surface area (Å²) in [7, 11) is 0. The van der Waals surface area contributed by atoms with Crippen molar-refractivity contribution in [3.63, 3.8) is 0 Å². The van der Waals surface area contributed by atoms with E-state index >= 15 is 0 Å². The molecule has 1 aromatic heterocycles. The van der Waals surface area contributed by atoms with Gasteiger partial charge >= 0.3 is 11.9 Å². The van der Waals surface area contributed by atoms with Gasteiger partial charge in [0.1, 0.15) is 0 Å².